The molecule has 0 heterocycles. The standard InChI is InChI=1S/C22H33N/c1-2-11-19(12-3-1)23-20-13-6-10-18(16-20)22-15-7-9-17-8-4-5-14-21(17)22/h4,6,8,10,13,17,19-23H,1-3,5,7,9,11-12,14-16H2. The predicted molar refractivity (Wildman–Crippen MR) is 98.3 cm³/mol. The van der Waals surface area contributed by atoms with Crippen molar-refractivity contribution in [3.8, 4) is 0 Å². The molecule has 0 aromatic carbocycles. The minimum atomic E-state index is 0.595. The molecular weight excluding hydrogens is 278 g/mol. The highest BCUT2D eigenvalue weighted by molar-refractivity contribution is 5.26. The summed E-state index contributed by atoms with van der Waals surface area (Å²) >= 11 is 0. The molecule has 0 radical (unpaired) electrons. The molecule has 4 aliphatic rings. The summed E-state index contributed by atoms with van der Waals surface area (Å²) in [5, 5.41) is 3.96. The Morgan fingerprint density at radius 1 is 0.870 bits per heavy atom. The topological polar surface area (TPSA) is 12.0 Å². The van der Waals surface area contributed by atoms with Crippen molar-refractivity contribution >= 4 is 0 Å². The lowest BCUT2D eigenvalue weighted by atomic mass is 9.64. The van der Waals surface area contributed by atoms with E-state index in [1.54, 1.807) is 5.57 Å². The highest BCUT2D eigenvalue weighted by Gasteiger charge is 2.35. The minimum Gasteiger partial charge on any atom is -0.307 e. The van der Waals surface area contributed by atoms with Crippen LogP contribution in [0.5, 0.6) is 0 Å². The maximum Gasteiger partial charge on any atom is 0.0293 e. The van der Waals surface area contributed by atoms with Crippen LogP contribution in [-0.2, 0) is 0 Å². The van der Waals surface area contributed by atoms with Crippen LogP contribution >= 0.6 is 0 Å². The van der Waals surface area contributed by atoms with Gasteiger partial charge in [-0.2, -0.15) is 0 Å². The molecular formula is C22H33N. The lowest BCUT2D eigenvalue weighted by molar-refractivity contribution is 0.188. The second-order valence-electron chi connectivity index (χ2n) is 8.31. The molecule has 0 saturated heterocycles. The molecule has 126 valence electrons. The van der Waals surface area contributed by atoms with E-state index in [9.17, 15) is 0 Å². The third-order valence-electron chi connectivity index (χ3n) is 6.81. The van der Waals surface area contributed by atoms with E-state index in [4.69, 9.17) is 0 Å². The van der Waals surface area contributed by atoms with Gasteiger partial charge in [0.25, 0.3) is 0 Å². The summed E-state index contributed by atoms with van der Waals surface area (Å²) in [7, 11) is 0. The quantitative estimate of drug-likeness (QED) is 0.674. The molecule has 0 amide bonds. The molecule has 0 aromatic heterocycles. The molecule has 23 heavy (non-hydrogen) atoms. The molecule has 2 saturated carbocycles. The van der Waals surface area contributed by atoms with Crippen molar-refractivity contribution in [2.75, 3.05) is 0 Å². The van der Waals surface area contributed by atoms with E-state index in [-0.39, 0.29) is 0 Å². The van der Waals surface area contributed by atoms with Crippen molar-refractivity contribution in [1.82, 2.24) is 5.32 Å². The number of rotatable bonds is 3. The number of fused-ring (bicyclic) bond motifs is 1. The average molecular weight is 312 g/mol. The molecule has 4 aliphatic carbocycles. The Morgan fingerprint density at radius 3 is 2.70 bits per heavy atom. The highest BCUT2D eigenvalue weighted by atomic mass is 14.9. The molecule has 0 spiro atoms. The van der Waals surface area contributed by atoms with Gasteiger partial charge in [-0.05, 0) is 62.7 Å². The maximum absolute atomic E-state index is 3.96. The minimum absolute atomic E-state index is 0.595. The normalized spacial score (nSPS) is 38.2. The number of allylic oxidation sites excluding steroid dienone is 4. The van der Waals surface area contributed by atoms with E-state index in [0.717, 1.165) is 23.8 Å². The molecule has 4 rings (SSSR count). The molecule has 1 N–H and O–H groups in total. The van der Waals surface area contributed by atoms with Gasteiger partial charge in [0.05, 0.1) is 0 Å². The fraction of sp³-hybridized carbons (Fsp3) is 0.727. The first-order valence-corrected chi connectivity index (χ1v) is 10.2. The van der Waals surface area contributed by atoms with Crippen LogP contribution in [0.2, 0.25) is 0 Å². The van der Waals surface area contributed by atoms with Crippen molar-refractivity contribution in [3.05, 3.63) is 36.0 Å². The van der Waals surface area contributed by atoms with E-state index in [1.165, 1.54) is 70.6 Å². The van der Waals surface area contributed by atoms with Crippen LogP contribution in [0.25, 0.3) is 0 Å². The zero-order valence-corrected chi connectivity index (χ0v) is 14.6. The van der Waals surface area contributed by atoms with Crippen LogP contribution < -0.4 is 5.32 Å². The van der Waals surface area contributed by atoms with Gasteiger partial charge in [-0.3, -0.25) is 0 Å². The Balaban J connectivity index is 1.39. The molecule has 0 aromatic rings. The van der Waals surface area contributed by atoms with Gasteiger partial charge in [0.15, 0.2) is 0 Å². The van der Waals surface area contributed by atoms with Crippen LogP contribution in [-0.4, -0.2) is 12.1 Å². The highest BCUT2D eigenvalue weighted by Crippen LogP contribution is 2.45. The summed E-state index contributed by atoms with van der Waals surface area (Å²) in [5.41, 5.74) is 1.76. The second kappa shape index (κ2) is 7.38. The predicted octanol–water partition coefficient (Wildman–Crippen LogP) is 5.55. The summed E-state index contributed by atoms with van der Waals surface area (Å²) < 4.78 is 0. The number of hydrogen-bond donors (Lipinski definition) is 1. The van der Waals surface area contributed by atoms with Gasteiger partial charge in [0.2, 0.25) is 0 Å². The monoisotopic (exact) mass is 311 g/mol. The zero-order valence-electron chi connectivity index (χ0n) is 14.6. The van der Waals surface area contributed by atoms with Crippen LogP contribution in [0.15, 0.2) is 36.0 Å². The van der Waals surface area contributed by atoms with Crippen molar-refractivity contribution in [2.24, 2.45) is 17.8 Å². The number of hydrogen-bond acceptors (Lipinski definition) is 1. The molecule has 0 aliphatic heterocycles. The van der Waals surface area contributed by atoms with Gasteiger partial charge in [-0.1, -0.05) is 61.6 Å². The van der Waals surface area contributed by atoms with Gasteiger partial charge < -0.3 is 5.32 Å². The van der Waals surface area contributed by atoms with Crippen molar-refractivity contribution in [3.63, 3.8) is 0 Å². The molecule has 2 fully saturated rings. The first-order valence-electron chi connectivity index (χ1n) is 10.2. The lowest BCUT2D eigenvalue weighted by Gasteiger charge is -2.41. The Kier molecular flexibility index (Phi) is 5.04. The molecule has 0 bridgehead atoms. The maximum atomic E-state index is 3.96. The summed E-state index contributed by atoms with van der Waals surface area (Å²) in [6.07, 6.45) is 27.6. The van der Waals surface area contributed by atoms with Gasteiger partial charge in [-0.15, -0.1) is 0 Å². The Bertz CT molecular complexity index is 480. The first-order chi connectivity index (χ1) is 11.4. The third-order valence-corrected chi connectivity index (χ3v) is 6.81. The zero-order chi connectivity index (χ0) is 15.5. The van der Waals surface area contributed by atoms with Gasteiger partial charge >= 0.3 is 0 Å². The largest absolute Gasteiger partial charge is 0.307 e. The summed E-state index contributed by atoms with van der Waals surface area (Å²) in [4.78, 5) is 0. The van der Waals surface area contributed by atoms with Crippen molar-refractivity contribution in [1.29, 1.82) is 0 Å². The van der Waals surface area contributed by atoms with Crippen LogP contribution in [0, 0.1) is 17.8 Å². The fourth-order valence-corrected chi connectivity index (χ4v) is 5.64. The van der Waals surface area contributed by atoms with E-state index < -0.39 is 0 Å². The Hall–Kier alpha value is -0.820. The first kappa shape index (κ1) is 15.7. The second-order valence-corrected chi connectivity index (χ2v) is 8.31. The van der Waals surface area contributed by atoms with Crippen molar-refractivity contribution < 1.29 is 0 Å². The van der Waals surface area contributed by atoms with E-state index in [2.05, 4.69) is 35.7 Å². The summed E-state index contributed by atoms with van der Waals surface area (Å²) in [6, 6.07) is 1.37. The van der Waals surface area contributed by atoms with Gasteiger partial charge in [0, 0.05) is 12.1 Å². The van der Waals surface area contributed by atoms with Crippen LogP contribution in [0.4, 0.5) is 0 Å². The van der Waals surface area contributed by atoms with Gasteiger partial charge in [0.1, 0.15) is 0 Å². The van der Waals surface area contributed by atoms with Crippen LogP contribution in [0.3, 0.4) is 0 Å². The smallest absolute Gasteiger partial charge is 0.0293 e. The molecule has 4 unspecified atom stereocenters. The van der Waals surface area contributed by atoms with Crippen molar-refractivity contribution in [2.45, 2.75) is 82.7 Å². The fourth-order valence-electron chi connectivity index (χ4n) is 5.64. The average Bonchev–Trinajstić information content (AvgIpc) is 2.62. The lowest BCUT2D eigenvalue weighted by Crippen LogP contribution is -2.40. The summed E-state index contributed by atoms with van der Waals surface area (Å²) in [6.45, 7) is 0. The van der Waals surface area contributed by atoms with E-state index >= 15 is 0 Å². The van der Waals surface area contributed by atoms with E-state index in [0.29, 0.717) is 6.04 Å². The van der Waals surface area contributed by atoms with Crippen LogP contribution in [0.1, 0.15) is 70.6 Å². The summed E-state index contributed by atoms with van der Waals surface area (Å²) in [5.74, 6) is 2.67. The molecule has 1 nitrogen and oxygen atoms in total. The molecule has 4 atom stereocenters. The Morgan fingerprint density at radius 2 is 1.78 bits per heavy atom. The molecule has 1 heteroatoms. The van der Waals surface area contributed by atoms with Gasteiger partial charge in [-0.25, -0.2) is 0 Å². The SMILES string of the molecule is C1=CC(NC2CCCCC2)CC(C2CCCC3C=CCCC32)=C1. The van der Waals surface area contributed by atoms with E-state index in [1.807, 2.05) is 0 Å². The number of nitrogens with one attached hydrogen (secondary N) is 1. The Labute approximate surface area is 142 Å². The third kappa shape index (κ3) is 3.65.